The van der Waals surface area contributed by atoms with E-state index in [0.29, 0.717) is 12.0 Å². The normalized spacial score (nSPS) is 28.0. The van der Waals surface area contributed by atoms with Gasteiger partial charge in [-0.1, -0.05) is 39.0 Å². The fourth-order valence-corrected chi connectivity index (χ4v) is 5.28. The predicted octanol–water partition coefficient (Wildman–Crippen LogP) is 4.15. The summed E-state index contributed by atoms with van der Waals surface area (Å²) in [6.45, 7) is 13.1. The third kappa shape index (κ3) is 2.73. The molecule has 4 heteroatoms. The van der Waals surface area contributed by atoms with Crippen LogP contribution in [0, 0.1) is 5.92 Å². The molecule has 4 atom stereocenters. The molecule has 2 heterocycles. The monoisotopic (exact) mass is 366 g/mol. The third-order valence-electron chi connectivity index (χ3n) is 6.66. The lowest BCUT2D eigenvalue weighted by Crippen LogP contribution is -2.55. The van der Waals surface area contributed by atoms with Crippen molar-refractivity contribution in [2.24, 2.45) is 5.92 Å². The quantitative estimate of drug-likeness (QED) is 0.655. The molecule has 0 saturated carbocycles. The molecule has 0 unspecified atom stereocenters. The molecule has 1 fully saturated rings. The summed E-state index contributed by atoms with van der Waals surface area (Å²) in [4.78, 5) is 18.0. The predicted molar refractivity (Wildman–Crippen MR) is 109 cm³/mol. The Labute approximate surface area is 161 Å². The van der Waals surface area contributed by atoms with E-state index >= 15 is 0 Å². The second-order valence-electron chi connectivity index (χ2n) is 8.96. The summed E-state index contributed by atoms with van der Waals surface area (Å²) in [6.07, 6.45) is 2.91. The van der Waals surface area contributed by atoms with Crippen molar-refractivity contribution in [2.45, 2.75) is 57.6 Å². The van der Waals surface area contributed by atoms with E-state index in [2.05, 4.69) is 62.5 Å². The molecule has 144 valence electrons. The Bertz CT molecular complexity index is 910. The van der Waals surface area contributed by atoms with Gasteiger partial charge in [-0.05, 0) is 30.7 Å². The lowest BCUT2D eigenvalue weighted by molar-refractivity contribution is -0.155. The molecule has 0 amide bonds. The van der Waals surface area contributed by atoms with Gasteiger partial charge in [0.05, 0.1) is 0 Å². The highest BCUT2D eigenvalue weighted by Crippen LogP contribution is 2.48. The van der Waals surface area contributed by atoms with Crippen LogP contribution in [0.2, 0.25) is 0 Å². The average Bonchev–Trinajstić information content (AvgIpc) is 2.99. The van der Waals surface area contributed by atoms with Gasteiger partial charge in [-0.3, -0.25) is 4.79 Å². The number of nitrogens with one attached hydrogen (secondary N) is 1. The Hall–Kier alpha value is -2.07. The largest absolute Gasteiger partial charge is 0.462 e. The first-order valence-corrected chi connectivity index (χ1v) is 9.89. The summed E-state index contributed by atoms with van der Waals surface area (Å²) in [6, 6.07) is 6.83. The maximum absolute atomic E-state index is 11.8. The molecule has 4 rings (SSSR count). The number of nitrogens with zero attached hydrogens (tertiary/aromatic N) is 1. The Morgan fingerprint density at radius 1 is 1.41 bits per heavy atom. The van der Waals surface area contributed by atoms with Gasteiger partial charge in [-0.15, -0.1) is 6.58 Å². The molecule has 0 spiro atoms. The van der Waals surface area contributed by atoms with E-state index in [-0.39, 0.29) is 23.4 Å². The zero-order valence-corrected chi connectivity index (χ0v) is 17.0. The fourth-order valence-electron chi connectivity index (χ4n) is 5.28. The number of piperidine rings is 1. The number of carbonyl (C=O) groups excluding carboxylic acids is 1. The van der Waals surface area contributed by atoms with Gasteiger partial charge in [0.1, 0.15) is 6.10 Å². The van der Waals surface area contributed by atoms with Gasteiger partial charge in [0, 0.05) is 53.4 Å². The summed E-state index contributed by atoms with van der Waals surface area (Å²) in [5, 5.41) is 1.32. The standard InChI is InChI=1S/C23H30N2O2/c1-7-23(4,5)22-16-11-18-20(15-9-8-10-17(24-22)19(15)16)21(27-14(3)26)13(2)12-25(18)6/h7-10,13,18,20-21,24H,1,11-12H2,2-6H3/t13-,18+,20-,21+/m0/s1. The fraction of sp³-hybridized carbons (Fsp3) is 0.522. The average molecular weight is 367 g/mol. The topological polar surface area (TPSA) is 45.3 Å². The summed E-state index contributed by atoms with van der Waals surface area (Å²) < 4.78 is 5.87. The van der Waals surface area contributed by atoms with E-state index in [1.807, 2.05) is 6.08 Å². The zero-order valence-electron chi connectivity index (χ0n) is 17.0. The Kier molecular flexibility index (Phi) is 4.22. The molecular formula is C23H30N2O2. The van der Waals surface area contributed by atoms with Crippen LogP contribution in [-0.2, 0) is 21.4 Å². The first-order valence-electron chi connectivity index (χ1n) is 9.89. The molecule has 1 saturated heterocycles. The number of hydrogen-bond donors (Lipinski definition) is 1. The highest BCUT2D eigenvalue weighted by molar-refractivity contribution is 5.90. The number of likely N-dealkylation sites (N-methyl/N-ethyl adjacent to an activating group) is 1. The lowest BCUT2D eigenvalue weighted by Gasteiger charge is -2.49. The van der Waals surface area contributed by atoms with Crippen molar-refractivity contribution in [2.75, 3.05) is 13.6 Å². The molecule has 4 nitrogen and oxygen atoms in total. The maximum Gasteiger partial charge on any atom is 0.302 e. The van der Waals surface area contributed by atoms with Crippen molar-refractivity contribution in [3.8, 4) is 0 Å². The second kappa shape index (κ2) is 6.23. The third-order valence-corrected chi connectivity index (χ3v) is 6.66. The van der Waals surface area contributed by atoms with Gasteiger partial charge in [-0.25, -0.2) is 0 Å². The number of aromatic amines is 1. The molecule has 1 N–H and O–H groups in total. The van der Waals surface area contributed by atoms with E-state index in [9.17, 15) is 4.79 Å². The molecule has 0 radical (unpaired) electrons. The molecule has 1 aliphatic carbocycles. The minimum Gasteiger partial charge on any atom is -0.462 e. The van der Waals surface area contributed by atoms with Gasteiger partial charge in [-0.2, -0.15) is 0 Å². The van der Waals surface area contributed by atoms with Crippen molar-refractivity contribution in [3.63, 3.8) is 0 Å². The number of esters is 1. The molecule has 2 aromatic rings. The van der Waals surface area contributed by atoms with E-state index in [1.165, 1.54) is 34.6 Å². The first kappa shape index (κ1) is 18.3. The number of carbonyl (C=O) groups is 1. The molecule has 1 aromatic carbocycles. The first-order chi connectivity index (χ1) is 12.7. The molecule has 27 heavy (non-hydrogen) atoms. The minimum absolute atomic E-state index is 0.0757. The van der Waals surface area contributed by atoms with Crippen LogP contribution in [0.5, 0.6) is 0 Å². The van der Waals surface area contributed by atoms with E-state index in [1.54, 1.807) is 0 Å². The number of allylic oxidation sites excluding steroid dienone is 1. The van der Waals surface area contributed by atoms with Crippen molar-refractivity contribution in [3.05, 3.63) is 47.7 Å². The summed E-state index contributed by atoms with van der Waals surface area (Å²) in [7, 11) is 2.20. The Morgan fingerprint density at radius 2 is 2.15 bits per heavy atom. The van der Waals surface area contributed by atoms with Gasteiger partial charge < -0.3 is 14.6 Å². The van der Waals surface area contributed by atoms with Crippen molar-refractivity contribution in [1.29, 1.82) is 0 Å². The van der Waals surface area contributed by atoms with Crippen molar-refractivity contribution >= 4 is 16.9 Å². The van der Waals surface area contributed by atoms with Crippen molar-refractivity contribution in [1.82, 2.24) is 9.88 Å². The SMILES string of the molecule is C=CC(C)(C)c1[nH]c2cccc3c2c1C[C@@H]1[C@H]3[C@H](OC(C)=O)[C@@H](C)CN1C. The number of hydrogen-bond acceptors (Lipinski definition) is 3. The molecule has 1 aliphatic heterocycles. The number of likely N-dealkylation sites (tertiary alicyclic amines) is 1. The van der Waals surface area contributed by atoms with E-state index in [4.69, 9.17) is 4.74 Å². The molecule has 1 aromatic heterocycles. The van der Waals surface area contributed by atoms with E-state index in [0.717, 1.165) is 13.0 Å². The summed E-state index contributed by atoms with van der Waals surface area (Å²) in [5.74, 6) is 0.324. The minimum atomic E-state index is -0.185. The van der Waals surface area contributed by atoms with Crippen LogP contribution in [-0.4, -0.2) is 41.6 Å². The van der Waals surface area contributed by atoms with Crippen LogP contribution < -0.4 is 0 Å². The number of ether oxygens (including phenoxy) is 1. The van der Waals surface area contributed by atoms with Crippen LogP contribution in [0.25, 0.3) is 10.9 Å². The van der Waals surface area contributed by atoms with Crippen LogP contribution in [0.15, 0.2) is 30.9 Å². The maximum atomic E-state index is 11.8. The summed E-state index contributed by atoms with van der Waals surface area (Å²) in [5.41, 5.74) is 5.03. The number of benzene rings is 1. The zero-order chi connectivity index (χ0) is 19.5. The smallest absolute Gasteiger partial charge is 0.302 e. The number of H-pyrrole nitrogens is 1. The number of rotatable bonds is 3. The lowest BCUT2D eigenvalue weighted by atomic mass is 9.69. The van der Waals surface area contributed by atoms with Crippen LogP contribution >= 0.6 is 0 Å². The van der Waals surface area contributed by atoms with Crippen LogP contribution in [0.1, 0.15) is 50.4 Å². The molecule has 0 bridgehead atoms. The van der Waals surface area contributed by atoms with Crippen LogP contribution in [0.4, 0.5) is 0 Å². The Morgan fingerprint density at radius 3 is 2.81 bits per heavy atom. The van der Waals surface area contributed by atoms with Gasteiger partial charge in [0.25, 0.3) is 0 Å². The van der Waals surface area contributed by atoms with E-state index < -0.39 is 0 Å². The van der Waals surface area contributed by atoms with Gasteiger partial charge >= 0.3 is 5.97 Å². The van der Waals surface area contributed by atoms with Gasteiger partial charge in [0.2, 0.25) is 0 Å². The molecule has 2 aliphatic rings. The summed E-state index contributed by atoms with van der Waals surface area (Å²) >= 11 is 0. The molecular weight excluding hydrogens is 336 g/mol. The second-order valence-corrected chi connectivity index (χ2v) is 8.96. The highest BCUT2D eigenvalue weighted by atomic mass is 16.5. The number of aromatic nitrogens is 1. The van der Waals surface area contributed by atoms with Crippen LogP contribution in [0.3, 0.4) is 0 Å². The van der Waals surface area contributed by atoms with Crippen molar-refractivity contribution < 1.29 is 9.53 Å². The Balaban J connectivity index is 1.94. The van der Waals surface area contributed by atoms with Gasteiger partial charge in [0.15, 0.2) is 0 Å². The number of fused-ring (bicyclic) bond motifs is 2. The highest BCUT2D eigenvalue weighted by Gasteiger charge is 2.47.